The maximum atomic E-state index is 14.3. The number of aromatic amines is 1. The maximum absolute atomic E-state index is 14.3. The molecule has 3 aromatic rings. The summed E-state index contributed by atoms with van der Waals surface area (Å²) in [5.41, 5.74) is -2.40. The Labute approximate surface area is 206 Å². The van der Waals surface area contributed by atoms with Crippen molar-refractivity contribution in [1.82, 2.24) is 9.97 Å². The molecule has 0 saturated carbocycles. The van der Waals surface area contributed by atoms with Gasteiger partial charge in [0.25, 0.3) is 0 Å². The summed E-state index contributed by atoms with van der Waals surface area (Å²) in [6.45, 7) is 5.14. The van der Waals surface area contributed by atoms with E-state index in [0.717, 1.165) is 5.56 Å². The fourth-order valence-electron chi connectivity index (χ4n) is 4.66. The van der Waals surface area contributed by atoms with Crippen molar-refractivity contribution >= 4 is 32.3 Å². The lowest BCUT2D eigenvalue weighted by Gasteiger charge is -2.38. The van der Waals surface area contributed by atoms with E-state index in [1.165, 1.54) is 25.3 Å². The molecule has 4 rings (SSSR count). The molecule has 0 fully saturated rings. The first-order valence-electron chi connectivity index (χ1n) is 11.1. The summed E-state index contributed by atoms with van der Waals surface area (Å²) in [5, 5.41) is 11.7. The first kappa shape index (κ1) is 25.8. The summed E-state index contributed by atoms with van der Waals surface area (Å²) in [7, 11) is -3.58. The molecule has 3 heterocycles. The minimum absolute atomic E-state index is 0.107. The number of benzene rings is 1. The van der Waals surface area contributed by atoms with E-state index in [0.29, 0.717) is 40.3 Å². The van der Waals surface area contributed by atoms with Crippen LogP contribution < -0.4 is 4.74 Å². The van der Waals surface area contributed by atoms with Crippen LogP contribution in [0.2, 0.25) is 5.02 Å². The molecule has 35 heavy (non-hydrogen) atoms. The predicted molar refractivity (Wildman–Crippen MR) is 127 cm³/mol. The summed E-state index contributed by atoms with van der Waals surface area (Å²) in [6.07, 6.45) is -4.47. The molecule has 1 aromatic carbocycles. The predicted octanol–water partition coefficient (Wildman–Crippen LogP) is 5.15. The molecule has 0 aliphatic carbocycles. The average molecular weight is 531 g/mol. The number of H-pyrrole nitrogens is 1. The fourth-order valence-corrected chi connectivity index (χ4v) is 5.72. The van der Waals surface area contributed by atoms with Crippen molar-refractivity contribution in [2.24, 2.45) is 0 Å². The van der Waals surface area contributed by atoms with Crippen LogP contribution in [0.25, 0.3) is 10.9 Å². The zero-order chi connectivity index (χ0) is 25.8. The van der Waals surface area contributed by atoms with Crippen molar-refractivity contribution in [3.8, 4) is 5.75 Å². The molecule has 0 radical (unpaired) electrons. The van der Waals surface area contributed by atoms with E-state index in [9.17, 15) is 26.7 Å². The number of aliphatic hydroxyl groups is 1. The van der Waals surface area contributed by atoms with E-state index in [2.05, 4.69) is 9.97 Å². The molecule has 190 valence electrons. The molecule has 6 nitrogen and oxygen atoms in total. The lowest BCUT2D eigenvalue weighted by Crippen LogP contribution is -2.51. The number of hydrogen-bond donors (Lipinski definition) is 2. The molecule has 1 atom stereocenters. The molecular weight excluding hydrogens is 505 g/mol. The van der Waals surface area contributed by atoms with Gasteiger partial charge in [0, 0.05) is 34.5 Å². The second-order valence-corrected chi connectivity index (χ2v) is 12.3. The van der Waals surface area contributed by atoms with Crippen molar-refractivity contribution in [3.05, 3.63) is 52.3 Å². The number of nitrogens with one attached hydrogen (secondary N) is 1. The summed E-state index contributed by atoms with van der Waals surface area (Å²) in [6, 6.07) is 6.06. The highest BCUT2D eigenvalue weighted by Gasteiger charge is 2.56. The highest BCUT2D eigenvalue weighted by Crippen LogP contribution is 2.47. The van der Waals surface area contributed by atoms with Crippen molar-refractivity contribution in [3.63, 3.8) is 0 Å². The Bertz CT molecular complexity index is 1390. The normalized spacial score (nSPS) is 16.2. The molecule has 0 amide bonds. The third-order valence-electron chi connectivity index (χ3n) is 6.46. The van der Waals surface area contributed by atoms with Crippen LogP contribution in [0.15, 0.2) is 35.5 Å². The number of rotatable bonds is 7. The Morgan fingerprint density at radius 2 is 1.91 bits per heavy atom. The number of ether oxygens (including phenoxy) is 1. The molecule has 11 heteroatoms. The highest BCUT2D eigenvalue weighted by atomic mass is 35.5. The van der Waals surface area contributed by atoms with Gasteiger partial charge in [-0.15, -0.1) is 0 Å². The fraction of sp³-hybridized carbons (Fsp3) is 0.458. The number of sulfone groups is 1. The third kappa shape index (κ3) is 4.88. The van der Waals surface area contributed by atoms with Crippen LogP contribution in [-0.4, -0.2) is 47.6 Å². The van der Waals surface area contributed by atoms with Crippen LogP contribution in [0.4, 0.5) is 13.2 Å². The number of alkyl halides is 3. The van der Waals surface area contributed by atoms with E-state index >= 15 is 0 Å². The number of aromatic nitrogens is 2. The Kier molecular flexibility index (Phi) is 6.39. The molecule has 0 unspecified atom stereocenters. The number of halogens is 4. The van der Waals surface area contributed by atoms with E-state index < -0.39 is 39.9 Å². The number of nitrogens with zero attached hydrogens (tertiary/aromatic N) is 1. The van der Waals surface area contributed by atoms with Crippen LogP contribution in [0.3, 0.4) is 0 Å². The monoisotopic (exact) mass is 530 g/mol. The van der Waals surface area contributed by atoms with Crippen molar-refractivity contribution < 1.29 is 31.4 Å². The minimum Gasteiger partial charge on any atom is -0.493 e. The number of fused-ring (bicyclic) bond motifs is 2. The molecule has 0 spiro atoms. The van der Waals surface area contributed by atoms with Gasteiger partial charge < -0.3 is 14.8 Å². The largest absolute Gasteiger partial charge is 0.493 e. The first-order chi connectivity index (χ1) is 16.1. The zero-order valence-corrected chi connectivity index (χ0v) is 21.0. The Hall–Kier alpha value is -2.30. The minimum atomic E-state index is -4.95. The van der Waals surface area contributed by atoms with Crippen molar-refractivity contribution in [2.45, 2.75) is 62.3 Å². The van der Waals surface area contributed by atoms with Gasteiger partial charge in [0.05, 0.1) is 24.1 Å². The molecule has 1 aliphatic rings. The van der Waals surface area contributed by atoms with Crippen LogP contribution in [0, 0.1) is 0 Å². The van der Waals surface area contributed by atoms with Gasteiger partial charge in [0.1, 0.15) is 5.75 Å². The number of hydrogen-bond acceptors (Lipinski definition) is 5. The van der Waals surface area contributed by atoms with E-state index in [-0.39, 0.29) is 16.5 Å². The summed E-state index contributed by atoms with van der Waals surface area (Å²) in [4.78, 5) is 6.75. The summed E-state index contributed by atoms with van der Waals surface area (Å²) in [5.74, 6) is 0.369. The van der Waals surface area contributed by atoms with Gasteiger partial charge in [0.15, 0.2) is 20.5 Å². The second kappa shape index (κ2) is 8.67. The maximum Gasteiger partial charge on any atom is 0.417 e. The van der Waals surface area contributed by atoms with Crippen molar-refractivity contribution in [2.75, 3.05) is 12.4 Å². The van der Waals surface area contributed by atoms with E-state index in [1.54, 1.807) is 26.0 Å². The second-order valence-electron chi connectivity index (χ2n) is 9.61. The topological polar surface area (TPSA) is 92.3 Å². The first-order valence-corrected chi connectivity index (χ1v) is 13.1. The lowest BCUT2D eigenvalue weighted by molar-refractivity contribution is -0.266. The lowest BCUT2D eigenvalue weighted by atomic mass is 9.73. The molecule has 0 saturated heterocycles. The Morgan fingerprint density at radius 1 is 1.20 bits per heavy atom. The average Bonchev–Trinajstić information content (AvgIpc) is 3.37. The van der Waals surface area contributed by atoms with Crippen LogP contribution >= 0.6 is 11.6 Å². The smallest absolute Gasteiger partial charge is 0.417 e. The van der Waals surface area contributed by atoms with Gasteiger partial charge in [-0.05, 0) is 41.7 Å². The molecular formula is C24H26ClF3N2O4S. The third-order valence-corrected chi connectivity index (χ3v) is 8.30. The Balaban J connectivity index is 1.70. The standard InChI is InChI=1S/C24H26ClF3N2O4S/c1-4-35(32,33)20-9-15-8-17(30-19(15)12-29-20)11-23(31,24(26,27)28)13-22(2,3)18-10-16(25)7-14-5-6-34-21(14)18/h7-10,12,30-31H,4-6,11,13H2,1-3H3/t23-/m0/s1. The van der Waals surface area contributed by atoms with Gasteiger partial charge in [0.2, 0.25) is 0 Å². The van der Waals surface area contributed by atoms with Gasteiger partial charge in [-0.1, -0.05) is 32.4 Å². The molecule has 2 N–H and O–H groups in total. The zero-order valence-electron chi connectivity index (χ0n) is 19.5. The molecule has 2 aromatic heterocycles. The van der Waals surface area contributed by atoms with Gasteiger partial charge in [-0.3, -0.25) is 0 Å². The molecule has 1 aliphatic heterocycles. The van der Waals surface area contributed by atoms with Crippen LogP contribution in [0.5, 0.6) is 5.75 Å². The van der Waals surface area contributed by atoms with E-state index in [4.69, 9.17) is 16.3 Å². The van der Waals surface area contributed by atoms with Gasteiger partial charge >= 0.3 is 6.18 Å². The molecule has 0 bridgehead atoms. The quantitative estimate of drug-likeness (QED) is 0.441. The van der Waals surface area contributed by atoms with E-state index in [1.807, 2.05) is 0 Å². The van der Waals surface area contributed by atoms with Gasteiger partial charge in [-0.2, -0.15) is 13.2 Å². The summed E-state index contributed by atoms with van der Waals surface area (Å²) < 4.78 is 72.8. The Morgan fingerprint density at radius 3 is 2.57 bits per heavy atom. The SMILES string of the molecule is CCS(=O)(=O)c1cc2cc(C[C@](O)(CC(C)(C)c3cc(Cl)cc4c3OCC4)C(F)(F)F)[nH]c2cn1. The number of pyridine rings is 1. The van der Waals surface area contributed by atoms with Gasteiger partial charge in [-0.25, -0.2) is 13.4 Å². The highest BCUT2D eigenvalue weighted by molar-refractivity contribution is 7.91. The summed E-state index contributed by atoms with van der Waals surface area (Å²) >= 11 is 6.23. The van der Waals surface area contributed by atoms with Crippen molar-refractivity contribution in [1.29, 1.82) is 0 Å². The van der Waals surface area contributed by atoms with Crippen LogP contribution in [-0.2, 0) is 28.1 Å². The van der Waals surface area contributed by atoms with Crippen LogP contribution in [0.1, 0.15) is 44.0 Å².